The van der Waals surface area contributed by atoms with Gasteiger partial charge in [0.1, 0.15) is 6.10 Å². The lowest BCUT2D eigenvalue weighted by molar-refractivity contribution is -0.151. The molecular formula is C57H97NO5. The number of esters is 1. The van der Waals surface area contributed by atoms with E-state index in [0.29, 0.717) is 19.3 Å². The summed E-state index contributed by atoms with van der Waals surface area (Å²) < 4.78 is 5.89. The quantitative estimate of drug-likeness (QED) is 0.0322. The summed E-state index contributed by atoms with van der Waals surface area (Å²) in [6, 6.07) is -0.731. The van der Waals surface area contributed by atoms with Crippen molar-refractivity contribution < 1.29 is 24.5 Å². The van der Waals surface area contributed by atoms with Crippen LogP contribution < -0.4 is 5.32 Å². The minimum Gasteiger partial charge on any atom is -0.462 e. The van der Waals surface area contributed by atoms with Crippen LogP contribution in [-0.2, 0) is 14.3 Å². The van der Waals surface area contributed by atoms with Crippen molar-refractivity contribution >= 4 is 11.9 Å². The van der Waals surface area contributed by atoms with Crippen LogP contribution >= 0.6 is 0 Å². The fraction of sp³-hybridized carbons (Fsp3) is 0.684. The SMILES string of the molecule is CC/C=C/C/C=C/C/C=C/C/C=C/CCCC(CC(=O)NC(CO)C(O)CCCCCCCCCCCCC)OC(=O)CCCCC/C=C\C/C=C\C/C=C\C/C=C\CCCCC. The molecule has 0 aliphatic rings. The number of allylic oxidation sites excluding steroid dienone is 16. The highest BCUT2D eigenvalue weighted by Gasteiger charge is 2.24. The second-order valence-electron chi connectivity index (χ2n) is 17.2. The molecule has 6 heteroatoms. The van der Waals surface area contributed by atoms with Gasteiger partial charge >= 0.3 is 5.97 Å². The maximum Gasteiger partial charge on any atom is 0.306 e. The van der Waals surface area contributed by atoms with Crippen LogP contribution in [0.2, 0.25) is 0 Å². The van der Waals surface area contributed by atoms with E-state index >= 15 is 0 Å². The Labute approximate surface area is 388 Å². The molecule has 0 heterocycles. The van der Waals surface area contributed by atoms with Gasteiger partial charge in [-0.1, -0.05) is 208 Å². The van der Waals surface area contributed by atoms with Crippen molar-refractivity contribution in [2.45, 2.75) is 244 Å². The van der Waals surface area contributed by atoms with Crippen LogP contribution in [0.1, 0.15) is 226 Å². The Morgan fingerprint density at radius 2 is 0.873 bits per heavy atom. The first-order chi connectivity index (χ1) is 31.0. The molecule has 3 N–H and O–H groups in total. The number of aliphatic hydroxyl groups excluding tert-OH is 2. The molecule has 360 valence electrons. The Hall–Kier alpha value is -3.22. The monoisotopic (exact) mass is 876 g/mol. The molecule has 0 aliphatic carbocycles. The highest BCUT2D eigenvalue weighted by Crippen LogP contribution is 2.16. The molecule has 0 aliphatic heterocycles. The van der Waals surface area contributed by atoms with Crippen LogP contribution in [0, 0.1) is 0 Å². The maximum atomic E-state index is 13.2. The highest BCUT2D eigenvalue weighted by atomic mass is 16.5. The molecule has 1 amide bonds. The number of carbonyl (C=O) groups is 2. The number of unbranched alkanes of at least 4 members (excludes halogenated alkanes) is 17. The van der Waals surface area contributed by atoms with Gasteiger partial charge in [0.2, 0.25) is 5.91 Å². The van der Waals surface area contributed by atoms with Crippen LogP contribution in [0.5, 0.6) is 0 Å². The van der Waals surface area contributed by atoms with Crippen molar-refractivity contribution in [1.82, 2.24) is 5.32 Å². The van der Waals surface area contributed by atoms with Crippen LogP contribution in [0.15, 0.2) is 97.2 Å². The number of ether oxygens (including phenoxy) is 1. The Morgan fingerprint density at radius 3 is 1.35 bits per heavy atom. The normalized spacial score (nSPS) is 14.0. The Kier molecular flexibility index (Phi) is 47.2. The first-order valence-electron chi connectivity index (χ1n) is 26.0. The van der Waals surface area contributed by atoms with Gasteiger partial charge in [-0.05, 0) is 103 Å². The average Bonchev–Trinajstić information content (AvgIpc) is 3.28. The van der Waals surface area contributed by atoms with E-state index in [1.165, 1.54) is 77.0 Å². The Bertz CT molecular complexity index is 1260. The molecule has 0 aromatic carbocycles. The number of hydrogen-bond donors (Lipinski definition) is 3. The number of amides is 1. The summed E-state index contributed by atoms with van der Waals surface area (Å²) in [5, 5.41) is 23.7. The van der Waals surface area contributed by atoms with E-state index in [1.807, 2.05) is 0 Å². The standard InChI is InChI=1S/C57H97NO5/c1-4-7-10-13-16-19-22-24-26-27-28-29-30-32-35-38-41-44-47-50-57(62)63-53(48-45-42-39-36-34-31-25-23-20-17-14-11-8-5-2)51-56(61)58-54(52-59)55(60)49-46-43-40-37-33-21-18-15-12-9-6-3/h8,11,16-17,19-20,24-26,28-29,31-32,35-36,39,53-55,59-60H,4-7,9-10,12-15,18,21-23,27,30,33-34,37-38,40-52H2,1-3H3,(H,58,61)/b11-8+,19-16-,20-17+,26-24-,29-28-,31-25+,35-32-,39-36+. The van der Waals surface area contributed by atoms with Gasteiger partial charge in [-0.15, -0.1) is 0 Å². The van der Waals surface area contributed by atoms with Crippen LogP contribution in [0.3, 0.4) is 0 Å². The first-order valence-corrected chi connectivity index (χ1v) is 26.0. The van der Waals surface area contributed by atoms with Gasteiger partial charge in [0.05, 0.1) is 25.2 Å². The predicted octanol–water partition coefficient (Wildman–Crippen LogP) is 15.7. The zero-order chi connectivity index (χ0) is 45.9. The fourth-order valence-corrected chi connectivity index (χ4v) is 7.23. The average molecular weight is 876 g/mol. The summed E-state index contributed by atoms with van der Waals surface area (Å²) in [7, 11) is 0. The van der Waals surface area contributed by atoms with E-state index in [4.69, 9.17) is 4.74 Å². The molecule has 0 saturated heterocycles. The van der Waals surface area contributed by atoms with E-state index in [1.54, 1.807) is 0 Å². The summed E-state index contributed by atoms with van der Waals surface area (Å²) >= 11 is 0. The van der Waals surface area contributed by atoms with Gasteiger partial charge in [-0.2, -0.15) is 0 Å². The van der Waals surface area contributed by atoms with Crippen molar-refractivity contribution in [3.05, 3.63) is 97.2 Å². The molecule has 3 unspecified atom stereocenters. The molecule has 0 aromatic rings. The number of nitrogens with one attached hydrogen (secondary N) is 1. The summed E-state index contributed by atoms with van der Waals surface area (Å²) in [5.74, 6) is -0.572. The summed E-state index contributed by atoms with van der Waals surface area (Å²) in [4.78, 5) is 26.1. The largest absolute Gasteiger partial charge is 0.462 e. The second-order valence-corrected chi connectivity index (χ2v) is 17.2. The van der Waals surface area contributed by atoms with Gasteiger partial charge in [0.25, 0.3) is 0 Å². The van der Waals surface area contributed by atoms with Crippen molar-refractivity contribution in [3.8, 4) is 0 Å². The minimum atomic E-state index is -0.812. The fourth-order valence-electron chi connectivity index (χ4n) is 7.23. The van der Waals surface area contributed by atoms with Crippen LogP contribution in [-0.4, -0.2) is 46.9 Å². The van der Waals surface area contributed by atoms with Gasteiger partial charge < -0.3 is 20.3 Å². The molecule has 3 atom stereocenters. The first kappa shape index (κ1) is 59.8. The minimum absolute atomic E-state index is 0.0215. The van der Waals surface area contributed by atoms with Crippen molar-refractivity contribution in [3.63, 3.8) is 0 Å². The number of hydrogen-bond acceptors (Lipinski definition) is 5. The third-order valence-electron chi connectivity index (χ3n) is 11.1. The van der Waals surface area contributed by atoms with E-state index in [2.05, 4.69) is 123 Å². The zero-order valence-corrected chi connectivity index (χ0v) is 40.9. The molecule has 0 saturated carbocycles. The van der Waals surface area contributed by atoms with E-state index < -0.39 is 18.2 Å². The third-order valence-corrected chi connectivity index (χ3v) is 11.1. The number of carbonyl (C=O) groups excluding carboxylic acids is 2. The lowest BCUT2D eigenvalue weighted by Gasteiger charge is -2.24. The number of rotatable bonds is 45. The second kappa shape index (κ2) is 49.8. The number of aliphatic hydroxyl groups is 2. The van der Waals surface area contributed by atoms with Crippen molar-refractivity contribution in [2.75, 3.05) is 6.61 Å². The molecule has 0 radical (unpaired) electrons. The van der Waals surface area contributed by atoms with Gasteiger partial charge in [-0.3, -0.25) is 9.59 Å². The molecule has 6 nitrogen and oxygen atoms in total. The van der Waals surface area contributed by atoms with Crippen molar-refractivity contribution in [2.24, 2.45) is 0 Å². The summed E-state index contributed by atoms with van der Waals surface area (Å²) in [6.07, 6.45) is 66.1. The van der Waals surface area contributed by atoms with E-state index in [9.17, 15) is 19.8 Å². The molecular weight excluding hydrogens is 779 g/mol. The lowest BCUT2D eigenvalue weighted by Crippen LogP contribution is -2.46. The molecule has 0 fully saturated rings. The molecule has 63 heavy (non-hydrogen) atoms. The maximum absolute atomic E-state index is 13.2. The molecule has 0 spiro atoms. The van der Waals surface area contributed by atoms with E-state index in [0.717, 1.165) is 103 Å². The molecule has 0 rings (SSSR count). The molecule has 0 aromatic heterocycles. The Balaban J connectivity index is 4.73. The zero-order valence-electron chi connectivity index (χ0n) is 40.9. The molecule has 0 bridgehead atoms. The smallest absolute Gasteiger partial charge is 0.306 e. The van der Waals surface area contributed by atoms with Gasteiger partial charge in [-0.25, -0.2) is 0 Å². The van der Waals surface area contributed by atoms with Crippen LogP contribution in [0.25, 0.3) is 0 Å². The Morgan fingerprint density at radius 1 is 0.476 bits per heavy atom. The van der Waals surface area contributed by atoms with Crippen LogP contribution in [0.4, 0.5) is 0 Å². The summed E-state index contributed by atoms with van der Waals surface area (Å²) in [6.45, 7) is 6.30. The summed E-state index contributed by atoms with van der Waals surface area (Å²) in [5.41, 5.74) is 0. The van der Waals surface area contributed by atoms with Gasteiger partial charge in [0.15, 0.2) is 0 Å². The van der Waals surface area contributed by atoms with E-state index in [-0.39, 0.29) is 24.9 Å². The third kappa shape index (κ3) is 45.2. The lowest BCUT2D eigenvalue weighted by atomic mass is 10.0. The highest BCUT2D eigenvalue weighted by molar-refractivity contribution is 5.77. The topological polar surface area (TPSA) is 95.9 Å². The van der Waals surface area contributed by atoms with Crippen molar-refractivity contribution in [1.29, 1.82) is 0 Å². The predicted molar refractivity (Wildman–Crippen MR) is 273 cm³/mol. The van der Waals surface area contributed by atoms with Gasteiger partial charge in [0, 0.05) is 6.42 Å².